The van der Waals surface area contributed by atoms with Gasteiger partial charge in [-0.2, -0.15) is 0 Å². The van der Waals surface area contributed by atoms with E-state index in [1.54, 1.807) is 13.1 Å². The third-order valence-corrected chi connectivity index (χ3v) is 4.54. The second-order valence-electron chi connectivity index (χ2n) is 7.87. The lowest BCUT2D eigenvalue weighted by Crippen LogP contribution is -2.55. The van der Waals surface area contributed by atoms with Crippen molar-refractivity contribution in [1.29, 1.82) is 0 Å². The number of rotatable bonds is 4. The number of benzene rings is 1. The van der Waals surface area contributed by atoms with Gasteiger partial charge in [0, 0.05) is 43.8 Å². The monoisotopic (exact) mass is 535 g/mol. The lowest BCUT2D eigenvalue weighted by molar-refractivity contribution is -0.131. The molecule has 29 heavy (non-hydrogen) atoms. The molecular weight excluding hydrogens is 505 g/mol. The number of nitrogens with one attached hydrogen (secondary N) is 2. The zero-order chi connectivity index (χ0) is 20.7. The smallest absolute Gasteiger partial charge is 0.239 e. The van der Waals surface area contributed by atoms with E-state index >= 15 is 0 Å². The highest BCUT2D eigenvalue weighted by atomic mass is 127. The number of amides is 2. The predicted molar refractivity (Wildman–Crippen MR) is 128 cm³/mol. The fourth-order valence-electron chi connectivity index (χ4n) is 3.06. The van der Waals surface area contributed by atoms with Crippen molar-refractivity contribution >= 4 is 53.4 Å². The molecule has 0 unspecified atom stereocenters. The summed E-state index contributed by atoms with van der Waals surface area (Å²) < 4.78 is 0. The minimum atomic E-state index is -0.267. The molecule has 1 fully saturated rings. The number of nitrogens with zero attached hydrogens (tertiary/aromatic N) is 3. The number of hydrogen-bond acceptors (Lipinski definition) is 3. The summed E-state index contributed by atoms with van der Waals surface area (Å²) in [7, 11) is 1.70. The van der Waals surface area contributed by atoms with Crippen molar-refractivity contribution in [3.8, 4) is 0 Å². The second kappa shape index (κ2) is 11.6. The van der Waals surface area contributed by atoms with Crippen LogP contribution in [0.25, 0.3) is 0 Å². The summed E-state index contributed by atoms with van der Waals surface area (Å²) in [5.41, 5.74) is 0.652. The number of aliphatic imine (C=N–C) groups is 1. The van der Waals surface area contributed by atoms with Gasteiger partial charge in [-0.1, -0.05) is 23.7 Å². The van der Waals surface area contributed by atoms with Crippen molar-refractivity contribution in [3.05, 3.63) is 34.9 Å². The topological polar surface area (TPSA) is 77.0 Å². The van der Waals surface area contributed by atoms with Crippen LogP contribution in [0.4, 0.5) is 0 Å². The van der Waals surface area contributed by atoms with Crippen molar-refractivity contribution in [2.75, 3.05) is 39.8 Å². The Labute approximate surface area is 195 Å². The minimum absolute atomic E-state index is 0. The van der Waals surface area contributed by atoms with E-state index in [1.165, 1.54) is 0 Å². The highest BCUT2D eigenvalue weighted by molar-refractivity contribution is 14.0. The lowest BCUT2D eigenvalue weighted by atomic mass is 10.1. The average molecular weight is 536 g/mol. The Kier molecular flexibility index (Phi) is 10.2. The molecule has 1 heterocycles. The van der Waals surface area contributed by atoms with Gasteiger partial charge in [-0.25, -0.2) is 0 Å². The van der Waals surface area contributed by atoms with Gasteiger partial charge >= 0.3 is 0 Å². The fourth-order valence-corrected chi connectivity index (χ4v) is 3.27. The molecule has 0 aromatic heterocycles. The predicted octanol–water partition coefficient (Wildman–Crippen LogP) is 2.13. The summed E-state index contributed by atoms with van der Waals surface area (Å²) in [6.07, 6.45) is 0.348. The zero-order valence-corrected chi connectivity index (χ0v) is 20.6. The molecule has 0 aliphatic carbocycles. The molecule has 0 bridgehead atoms. The Bertz CT molecular complexity index is 728. The fraction of sp³-hybridized carbons (Fsp3) is 0.550. The maximum absolute atomic E-state index is 12.5. The van der Waals surface area contributed by atoms with Gasteiger partial charge in [-0.05, 0) is 38.5 Å². The van der Waals surface area contributed by atoms with Crippen LogP contribution in [0.3, 0.4) is 0 Å². The number of halogens is 2. The van der Waals surface area contributed by atoms with E-state index in [0.29, 0.717) is 43.6 Å². The summed E-state index contributed by atoms with van der Waals surface area (Å²) in [6.45, 7) is 8.57. The van der Waals surface area contributed by atoms with Crippen LogP contribution in [-0.2, 0) is 16.0 Å². The van der Waals surface area contributed by atoms with Crippen LogP contribution in [0.15, 0.2) is 29.3 Å². The molecule has 7 nitrogen and oxygen atoms in total. The van der Waals surface area contributed by atoms with Crippen LogP contribution < -0.4 is 10.6 Å². The summed E-state index contributed by atoms with van der Waals surface area (Å²) in [4.78, 5) is 32.7. The normalized spacial score (nSPS) is 14.9. The standard InChI is InChI=1S/C20H30ClN5O2.HI/c1-20(2,3)24-17(27)14-23-19(22-4)26-10-8-25(9-11-26)18(28)13-15-6-5-7-16(21)12-15;/h5-7,12H,8-11,13-14H2,1-4H3,(H,22,23)(H,24,27);1H. The summed E-state index contributed by atoms with van der Waals surface area (Å²) in [5.74, 6) is 0.685. The molecule has 1 saturated heterocycles. The summed E-state index contributed by atoms with van der Waals surface area (Å²) >= 11 is 5.99. The average Bonchev–Trinajstić information content (AvgIpc) is 2.61. The van der Waals surface area contributed by atoms with Crippen LogP contribution in [0.2, 0.25) is 5.02 Å². The van der Waals surface area contributed by atoms with Crippen LogP contribution in [0.1, 0.15) is 26.3 Å². The molecule has 0 saturated carbocycles. The van der Waals surface area contributed by atoms with Gasteiger partial charge in [0.05, 0.1) is 13.0 Å². The van der Waals surface area contributed by atoms with E-state index in [-0.39, 0.29) is 47.9 Å². The first-order valence-corrected chi connectivity index (χ1v) is 9.84. The summed E-state index contributed by atoms with van der Waals surface area (Å²) in [6, 6.07) is 7.39. The van der Waals surface area contributed by atoms with E-state index < -0.39 is 0 Å². The molecule has 2 rings (SSSR count). The summed E-state index contributed by atoms with van der Waals surface area (Å²) in [5, 5.41) is 6.65. The van der Waals surface area contributed by atoms with Gasteiger partial charge < -0.3 is 20.4 Å². The molecule has 1 aromatic rings. The number of guanidine groups is 1. The zero-order valence-electron chi connectivity index (χ0n) is 17.5. The molecule has 2 amide bonds. The largest absolute Gasteiger partial charge is 0.350 e. The van der Waals surface area contributed by atoms with E-state index in [9.17, 15) is 9.59 Å². The van der Waals surface area contributed by atoms with Gasteiger partial charge in [0.1, 0.15) is 0 Å². The van der Waals surface area contributed by atoms with Gasteiger partial charge in [0.2, 0.25) is 11.8 Å². The van der Waals surface area contributed by atoms with Gasteiger partial charge in [0.25, 0.3) is 0 Å². The van der Waals surface area contributed by atoms with Crippen LogP contribution in [0.5, 0.6) is 0 Å². The number of carbonyl (C=O) groups is 2. The van der Waals surface area contributed by atoms with Gasteiger partial charge in [-0.3, -0.25) is 14.6 Å². The van der Waals surface area contributed by atoms with E-state index in [0.717, 1.165) is 5.56 Å². The minimum Gasteiger partial charge on any atom is -0.350 e. The first kappa shape index (κ1) is 25.5. The Morgan fingerprint density at radius 1 is 1.14 bits per heavy atom. The van der Waals surface area contributed by atoms with E-state index in [2.05, 4.69) is 20.5 Å². The highest BCUT2D eigenvalue weighted by Gasteiger charge is 2.23. The molecule has 1 aliphatic rings. The van der Waals surface area contributed by atoms with Crippen molar-refractivity contribution < 1.29 is 9.59 Å². The van der Waals surface area contributed by atoms with Crippen molar-refractivity contribution in [2.24, 2.45) is 4.99 Å². The maximum atomic E-state index is 12.5. The first-order chi connectivity index (χ1) is 13.2. The lowest BCUT2D eigenvalue weighted by Gasteiger charge is -2.36. The van der Waals surface area contributed by atoms with Crippen molar-refractivity contribution in [1.82, 2.24) is 20.4 Å². The first-order valence-electron chi connectivity index (χ1n) is 9.47. The highest BCUT2D eigenvalue weighted by Crippen LogP contribution is 2.13. The third-order valence-electron chi connectivity index (χ3n) is 4.31. The Morgan fingerprint density at radius 2 is 1.76 bits per heavy atom. The molecule has 0 spiro atoms. The molecule has 2 N–H and O–H groups in total. The Morgan fingerprint density at radius 3 is 2.31 bits per heavy atom. The van der Waals surface area contributed by atoms with Gasteiger partial charge in [-0.15, -0.1) is 24.0 Å². The van der Waals surface area contributed by atoms with E-state index in [1.807, 2.05) is 43.9 Å². The van der Waals surface area contributed by atoms with Crippen LogP contribution in [-0.4, -0.2) is 72.9 Å². The molecule has 1 aromatic carbocycles. The molecule has 9 heteroatoms. The molecule has 162 valence electrons. The second-order valence-corrected chi connectivity index (χ2v) is 8.31. The number of carbonyl (C=O) groups excluding carboxylic acids is 2. The maximum Gasteiger partial charge on any atom is 0.239 e. The quantitative estimate of drug-likeness (QED) is 0.352. The molecule has 0 atom stereocenters. The molecular formula is C20H31ClIN5O2. The van der Waals surface area contributed by atoms with Crippen LogP contribution in [0, 0.1) is 0 Å². The SMILES string of the molecule is CN=C(NCC(=O)NC(C)(C)C)N1CCN(C(=O)Cc2cccc(Cl)c2)CC1.I. The van der Waals surface area contributed by atoms with E-state index in [4.69, 9.17) is 11.6 Å². The Balaban J connectivity index is 0.00000420. The van der Waals surface area contributed by atoms with Crippen molar-refractivity contribution in [3.63, 3.8) is 0 Å². The molecule has 1 aliphatic heterocycles. The Hall–Kier alpha value is -1.55. The van der Waals surface area contributed by atoms with Gasteiger partial charge in [0.15, 0.2) is 5.96 Å². The number of piperazine rings is 1. The number of hydrogen-bond donors (Lipinski definition) is 2. The molecule has 0 radical (unpaired) electrons. The van der Waals surface area contributed by atoms with Crippen molar-refractivity contribution in [2.45, 2.75) is 32.7 Å². The van der Waals surface area contributed by atoms with Crippen LogP contribution >= 0.6 is 35.6 Å². The third kappa shape index (κ3) is 8.77.